The first-order valence-electron chi connectivity index (χ1n) is 9.20. The largest absolute Gasteiger partial charge is 0.302 e. The molecule has 1 aliphatic heterocycles. The van der Waals surface area contributed by atoms with Crippen LogP contribution in [0.5, 0.6) is 0 Å². The number of rotatable bonds is 7. The average molecular weight is 374 g/mol. The van der Waals surface area contributed by atoms with Crippen molar-refractivity contribution in [1.29, 1.82) is 0 Å². The van der Waals surface area contributed by atoms with E-state index in [1.54, 1.807) is 24.4 Å². The Labute approximate surface area is 156 Å². The first-order chi connectivity index (χ1) is 12.4. The predicted octanol–water partition coefficient (Wildman–Crippen LogP) is 3.82. The molecular formula is C20H27N3O2S. The number of benzene rings is 1. The lowest BCUT2D eigenvalue weighted by atomic mass is 9.95. The van der Waals surface area contributed by atoms with Gasteiger partial charge in [-0.3, -0.25) is 9.71 Å². The van der Waals surface area contributed by atoms with E-state index in [0.717, 1.165) is 30.9 Å². The van der Waals surface area contributed by atoms with Crippen LogP contribution in [0.1, 0.15) is 50.3 Å². The van der Waals surface area contributed by atoms with E-state index in [1.807, 2.05) is 18.2 Å². The van der Waals surface area contributed by atoms with Gasteiger partial charge >= 0.3 is 0 Å². The van der Waals surface area contributed by atoms with Gasteiger partial charge < -0.3 is 4.90 Å². The highest BCUT2D eigenvalue weighted by Gasteiger charge is 2.28. The van der Waals surface area contributed by atoms with E-state index in [-0.39, 0.29) is 4.90 Å². The molecule has 1 aromatic heterocycles. The van der Waals surface area contributed by atoms with Crippen LogP contribution in [-0.2, 0) is 10.0 Å². The first-order valence-corrected chi connectivity index (χ1v) is 10.7. The van der Waals surface area contributed by atoms with Crippen molar-refractivity contribution in [3.8, 4) is 0 Å². The van der Waals surface area contributed by atoms with Gasteiger partial charge in [-0.15, -0.1) is 0 Å². The Bertz CT molecular complexity index is 824. The summed E-state index contributed by atoms with van der Waals surface area (Å²) >= 11 is 0. The molecule has 0 amide bonds. The van der Waals surface area contributed by atoms with E-state index in [2.05, 4.69) is 35.4 Å². The van der Waals surface area contributed by atoms with Crippen LogP contribution in [0.4, 0.5) is 5.69 Å². The lowest BCUT2D eigenvalue weighted by Gasteiger charge is -2.38. The molecule has 0 aliphatic carbocycles. The summed E-state index contributed by atoms with van der Waals surface area (Å²) in [5.41, 5.74) is 2.64. The zero-order valence-electron chi connectivity index (χ0n) is 15.6. The Hall–Kier alpha value is -1.92. The van der Waals surface area contributed by atoms with Crippen molar-refractivity contribution in [2.24, 2.45) is 0 Å². The van der Waals surface area contributed by atoms with Crippen LogP contribution in [0.15, 0.2) is 47.5 Å². The van der Waals surface area contributed by atoms with Gasteiger partial charge in [-0.2, -0.15) is 0 Å². The molecule has 5 nitrogen and oxygen atoms in total. The summed E-state index contributed by atoms with van der Waals surface area (Å²) in [5.74, 6) is 0.826. The summed E-state index contributed by atoms with van der Waals surface area (Å²) in [6.45, 7) is 9.55. The maximum atomic E-state index is 12.5. The molecule has 0 spiro atoms. The van der Waals surface area contributed by atoms with Gasteiger partial charge in [-0.25, -0.2) is 8.42 Å². The van der Waals surface area contributed by atoms with E-state index in [9.17, 15) is 8.42 Å². The summed E-state index contributed by atoms with van der Waals surface area (Å²) in [4.78, 5) is 7.13. The highest BCUT2D eigenvalue weighted by molar-refractivity contribution is 7.92. The number of nitrogens with one attached hydrogen (secondary N) is 1. The lowest BCUT2D eigenvalue weighted by molar-refractivity contribution is 0.146. The summed E-state index contributed by atoms with van der Waals surface area (Å²) in [6.07, 6.45) is 2.77. The minimum atomic E-state index is -3.59. The van der Waals surface area contributed by atoms with Gasteiger partial charge in [-0.05, 0) is 48.7 Å². The molecule has 0 radical (unpaired) electrons. The molecule has 0 atom stereocenters. The molecule has 1 fully saturated rings. The molecule has 1 N–H and O–H groups in total. The Balaban J connectivity index is 1.64. The molecule has 1 aromatic carbocycles. The standard InChI is InChI=1S/C20H27N3O2S/c1-4-11-23-13-17(14-23)20-10-7-18(12-21-20)22-26(24,25)19-8-5-16(6-9-19)15(2)3/h5-10,12,15,17,22H,4,11,13-14H2,1-3H3. The Morgan fingerprint density at radius 3 is 2.38 bits per heavy atom. The third-order valence-electron chi connectivity index (χ3n) is 4.81. The van der Waals surface area contributed by atoms with Crippen molar-refractivity contribution < 1.29 is 8.42 Å². The second kappa shape index (κ2) is 7.76. The summed E-state index contributed by atoms with van der Waals surface area (Å²) in [5, 5.41) is 0. The van der Waals surface area contributed by atoms with Gasteiger partial charge in [0, 0.05) is 24.7 Å². The minimum absolute atomic E-state index is 0.264. The van der Waals surface area contributed by atoms with Crippen molar-refractivity contribution >= 4 is 15.7 Å². The maximum Gasteiger partial charge on any atom is 0.261 e. The van der Waals surface area contributed by atoms with Gasteiger partial charge in [0.05, 0.1) is 16.8 Å². The van der Waals surface area contributed by atoms with Crippen LogP contribution in [0.2, 0.25) is 0 Å². The van der Waals surface area contributed by atoms with E-state index in [4.69, 9.17) is 0 Å². The number of hydrogen-bond donors (Lipinski definition) is 1. The summed E-state index contributed by atoms with van der Waals surface area (Å²) in [6, 6.07) is 10.7. The molecule has 26 heavy (non-hydrogen) atoms. The Morgan fingerprint density at radius 2 is 1.85 bits per heavy atom. The zero-order valence-corrected chi connectivity index (χ0v) is 16.5. The van der Waals surface area contributed by atoms with E-state index in [1.165, 1.54) is 6.42 Å². The maximum absolute atomic E-state index is 12.5. The molecule has 140 valence electrons. The minimum Gasteiger partial charge on any atom is -0.302 e. The van der Waals surface area contributed by atoms with Crippen molar-refractivity contribution in [3.63, 3.8) is 0 Å². The fourth-order valence-electron chi connectivity index (χ4n) is 3.21. The highest BCUT2D eigenvalue weighted by Crippen LogP contribution is 2.26. The Kier molecular flexibility index (Phi) is 5.63. The second-order valence-corrected chi connectivity index (χ2v) is 8.94. The first kappa shape index (κ1) is 18.9. The van der Waals surface area contributed by atoms with E-state index < -0.39 is 10.0 Å². The van der Waals surface area contributed by atoms with Crippen molar-refractivity contribution in [2.45, 2.75) is 43.9 Å². The van der Waals surface area contributed by atoms with Gasteiger partial charge in [-0.1, -0.05) is 32.9 Å². The molecule has 1 aliphatic rings. The number of anilines is 1. The van der Waals surface area contributed by atoms with Crippen molar-refractivity contribution in [1.82, 2.24) is 9.88 Å². The topological polar surface area (TPSA) is 62.3 Å². The molecule has 0 saturated carbocycles. The fraction of sp³-hybridized carbons (Fsp3) is 0.450. The number of pyridine rings is 1. The molecule has 6 heteroatoms. The Morgan fingerprint density at radius 1 is 1.15 bits per heavy atom. The molecular weight excluding hydrogens is 346 g/mol. The van der Waals surface area contributed by atoms with E-state index in [0.29, 0.717) is 17.5 Å². The van der Waals surface area contributed by atoms with Crippen LogP contribution < -0.4 is 4.72 Å². The van der Waals surface area contributed by atoms with Gasteiger partial charge in [0.2, 0.25) is 0 Å². The van der Waals surface area contributed by atoms with Crippen LogP contribution in [-0.4, -0.2) is 37.9 Å². The number of hydrogen-bond acceptors (Lipinski definition) is 4. The van der Waals surface area contributed by atoms with E-state index >= 15 is 0 Å². The molecule has 2 aromatic rings. The lowest BCUT2D eigenvalue weighted by Crippen LogP contribution is -2.45. The third kappa shape index (κ3) is 4.24. The smallest absolute Gasteiger partial charge is 0.261 e. The van der Waals surface area contributed by atoms with Gasteiger partial charge in [0.15, 0.2) is 0 Å². The monoisotopic (exact) mass is 373 g/mol. The van der Waals surface area contributed by atoms with Crippen LogP contribution in [0, 0.1) is 0 Å². The zero-order chi connectivity index (χ0) is 18.7. The number of sulfonamides is 1. The molecule has 1 saturated heterocycles. The second-order valence-electron chi connectivity index (χ2n) is 7.26. The van der Waals surface area contributed by atoms with Crippen LogP contribution >= 0.6 is 0 Å². The summed E-state index contributed by atoms with van der Waals surface area (Å²) in [7, 11) is -3.59. The molecule has 3 rings (SSSR count). The van der Waals surface area contributed by atoms with Crippen LogP contribution in [0.25, 0.3) is 0 Å². The quantitative estimate of drug-likeness (QED) is 0.801. The van der Waals surface area contributed by atoms with Gasteiger partial charge in [0.25, 0.3) is 10.0 Å². The average Bonchev–Trinajstić information content (AvgIpc) is 2.58. The number of likely N-dealkylation sites (tertiary alicyclic amines) is 1. The third-order valence-corrected chi connectivity index (χ3v) is 6.21. The molecule has 2 heterocycles. The fourth-order valence-corrected chi connectivity index (χ4v) is 4.25. The number of aromatic nitrogens is 1. The van der Waals surface area contributed by atoms with Crippen molar-refractivity contribution in [2.75, 3.05) is 24.4 Å². The van der Waals surface area contributed by atoms with Crippen molar-refractivity contribution in [3.05, 3.63) is 53.9 Å². The SMILES string of the molecule is CCCN1CC(c2ccc(NS(=O)(=O)c3ccc(C(C)C)cc3)cn2)C1. The predicted molar refractivity (Wildman–Crippen MR) is 105 cm³/mol. The molecule has 0 unspecified atom stereocenters. The summed E-state index contributed by atoms with van der Waals surface area (Å²) < 4.78 is 27.7. The van der Waals surface area contributed by atoms with Gasteiger partial charge in [0.1, 0.15) is 0 Å². The van der Waals surface area contributed by atoms with Crippen LogP contribution in [0.3, 0.4) is 0 Å². The highest BCUT2D eigenvalue weighted by atomic mass is 32.2. The normalized spacial score (nSPS) is 15.8. The number of nitrogens with zero attached hydrogens (tertiary/aromatic N) is 2. The molecule has 0 bridgehead atoms.